The minimum atomic E-state index is -0.542. The van der Waals surface area contributed by atoms with Gasteiger partial charge in [0.15, 0.2) is 0 Å². The van der Waals surface area contributed by atoms with Crippen molar-refractivity contribution in [3.63, 3.8) is 0 Å². The first-order valence-electron chi connectivity index (χ1n) is 5.04. The van der Waals surface area contributed by atoms with Crippen LogP contribution in [0.5, 0.6) is 0 Å². The molecule has 84 valence electrons. The molecule has 1 aromatic heterocycles. The summed E-state index contributed by atoms with van der Waals surface area (Å²) in [6, 6.07) is 3.74. The SMILES string of the molecule is CC(CO)N(C)c1ccc([C@@H](C)O)nc1. The number of aromatic nitrogens is 1. The third kappa shape index (κ3) is 2.91. The van der Waals surface area contributed by atoms with Crippen LogP contribution in [-0.4, -0.2) is 34.9 Å². The minimum Gasteiger partial charge on any atom is -0.394 e. The summed E-state index contributed by atoms with van der Waals surface area (Å²) in [6.07, 6.45) is 1.16. The topological polar surface area (TPSA) is 56.6 Å². The van der Waals surface area contributed by atoms with Crippen LogP contribution < -0.4 is 4.90 Å². The van der Waals surface area contributed by atoms with Gasteiger partial charge < -0.3 is 15.1 Å². The van der Waals surface area contributed by atoms with Crippen LogP contribution in [-0.2, 0) is 0 Å². The normalized spacial score (nSPS) is 14.7. The van der Waals surface area contributed by atoms with Crippen molar-refractivity contribution in [2.75, 3.05) is 18.6 Å². The number of hydrogen-bond donors (Lipinski definition) is 2. The first-order valence-corrected chi connectivity index (χ1v) is 5.04. The highest BCUT2D eigenvalue weighted by molar-refractivity contribution is 5.44. The lowest BCUT2D eigenvalue weighted by Crippen LogP contribution is -2.31. The fourth-order valence-electron chi connectivity index (χ4n) is 1.23. The molecule has 0 aromatic carbocycles. The second kappa shape index (κ2) is 5.09. The van der Waals surface area contributed by atoms with E-state index in [1.54, 1.807) is 19.2 Å². The molecule has 1 heterocycles. The average Bonchev–Trinajstić information content (AvgIpc) is 2.27. The van der Waals surface area contributed by atoms with Crippen molar-refractivity contribution in [1.82, 2.24) is 4.98 Å². The van der Waals surface area contributed by atoms with Gasteiger partial charge in [0, 0.05) is 13.1 Å². The van der Waals surface area contributed by atoms with Gasteiger partial charge in [-0.1, -0.05) is 0 Å². The standard InChI is InChI=1S/C11H18N2O2/c1-8(7-14)13(3)10-4-5-11(9(2)15)12-6-10/h4-6,8-9,14-15H,7H2,1-3H3/t8?,9-/m1/s1. The van der Waals surface area contributed by atoms with Crippen LogP contribution in [0, 0.1) is 0 Å². The predicted molar refractivity (Wildman–Crippen MR) is 59.8 cm³/mol. The van der Waals surface area contributed by atoms with Crippen molar-refractivity contribution in [1.29, 1.82) is 0 Å². The number of likely N-dealkylation sites (N-methyl/N-ethyl adjacent to an activating group) is 1. The summed E-state index contributed by atoms with van der Waals surface area (Å²) < 4.78 is 0. The van der Waals surface area contributed by atoms with Gasteiger partial charge in [-0.05, 0) is 26.0 Å². The van der Waals surface area contributed by atoms with Crippen molar-refractivity contribution in [3.8, 4) is 0 Å². The van der Waals surface area contributed by atoms with Crippen molar-refractivity contribution < 1.29 is 10.2 Å². The molecule has 4 nitrogen and oxygen atoms in total. The van der Waals surface area contributed by atoms with Gasteiger partial charge in [0.1, 0.15) is 0 Å². The summed E-state index contributed by atoms with van der Waals surface area (Å²) in [4.78, 5) is 6.09. The number of rotatable bonds is 4. The Bertz CT molecular complexity index is 298. The van der Waals surface area contributed by atoms with Gasteiger partial charge in [-0.15, -0.1) is 0 Å². The summed E-state index contributed by atoms with van der Waals surface area (Å²) in [5.74, 6) is 0. The number of nitrogens with zero attached hydrogens (tertiary/aromatic N) is 2. The molecule has 2 atom stereocenters. The van der Waals surface area contributed by atoms with E-state index in [0.29, 0.717) is 5.69 Å². The van der Waals surface area contributed by atoms with Crippen LogP contribution in [0.1, 0.15) is 25.6 Å². The molecule has 1 aromatic rings. The molecule has 0 fully saturated rings. The Balaban J connectivity index is 2.79. The largest absolute Gasteiger partial charge is 0.394 e. The fourth-order valence-corrected chi connectivity index (χ4v) is 1.23. The fraction of sp³-hybridized carbons (Fsp3) is 0.545. The third-order valence-electron chi connectivity index (χ3n) is 2.53. The van der Waals surface area contributed by atoms with Crippen LogP contribution in [0.3, 0.4) is 0 Å². The molecule has 0 spiro atoms. The molecule has 1 rings (SSSR count). The van der Waals surface area contributed by atoms with Crippen molar-refractivity contribution >= 4 is 5.69 Å². The van der Waals surface area contributed by atoms with E-state index in [1.807, 2.05) is 24.9 Å². The summed E-state index contributed by atoms with van der Waals surface area (Å²) in [5, 5.41) is 18.3. The summed E-state index contributed by atoms with van der Waals surface area (Å²) in [7, 11) is 1.90. The number of pyridine rings is 1. The molecule has 0 amide bonds. The lowest BCUT2D eigenvalue weighted by molar-refractivity contribution is 0.194. The van der Waals surface area contributed by atoms with Gasteiger partial charge in [-0.2, -0.15) is 0 Å². The van der Waals surface area contributed by atoms with Gasteiger partial charge in [0.05, 0.1) is 30.3 Å². The van der Waals surface area contributed by atoms with Gasteiger partial charge >= 0.3 is 0 Å². The molecule has 0 saturated heterocycles. The summed E-state index contributed by atoms with van der Waals surface area (Å²) in [6.45, 7) is 3.72. The first kappa shape index (κ1) is 11.9. The number of hydrogen-bond acceptors (Lipinski definition) is 4. The highest BCUT2D eigenvalue weighted by atomic mass is 16.3. The lowest BCUT2D eigenvalue weighted by atomic mass is 10.2. The highest BCUT2D eigenvalue weighted by Crippen LogP contribution is 2.16. The van der Waals surface area contributed by atoms with Gasteiger partial charge in [0.25, 0.3) is 0 Å². The second-order valence-electron chi connectivity index (χ2n) is 3.76. The lowest BCUT2D eigenvalue weighted by Gasteiger charge is -2.25. The van der Waals surface area contributed by atoms with Crippen LogP contribution in [0.2, 0.25) is 0 Å². The van der Waals surface area contributed by atoms with Gasteiger partial charge in [-0.3, -0.25) is 4.98 Å². The Morgan fingerprint density at radius 2 is 2.07 bits per heavy atom. The molecule has 0 aliphatic rings. The molecule has 0 bridgehead atoms. The van der Waals surface area contributed by atoms with Gasteiger partial charge in [-0.25, -0.2) is 0 Å². The maximum Gasteiger partial charge on any atom is 0.0931 e. The predicted octanol–water partition coefficient (Wildman–Crippen LogP) is 0.952. The molecule has 0 aliphatic heterocycles. The molecule has 1 unspecified atom stereocenters. The van der Waals surface area contributed by atoms with Crippen molar-refractivity contribution in [3.05, 3.63) is 24.0 Å². The Labute approximate surface area is 90.2 Å². The highest BCUT2D eigenvalue weighted by Gasteiger charge is 2.09. The Kier molecular flexibility index (Phi) is 4.05. The van der Waals surface area contributed by atoms with E-state index in [1.165, 1.54) is 0 Å². The van der Waals surface area contributed by atoms with E-state index >= 15 is 0 Å². The zero-order valence-corrected chi connectivity index (χ0v) is 9.38. The quantitative estimate of drug-likeness (QED) is 0.777. The Morgan fingerprint density at radius 3 is 2.47 bits per heavy atom. The molecular weight excluding hydrogens is 192 g/mol. The molecule has 0 saturated carbocycles. The number of aliphatic hydroxyl groups excluding tert-OH is 2. The Hall–Kier alpha value is -1.13. The molecule has 2 N–H and O–H groups in total. The van der Waals surface area contributed by atoms with Crippen LogP contribution in [0.25, 0.3) is 0 Å². The zero-order valence-electron chi connectivity index (χ0n) is 9.38. The zero-order chi connectivity index (χ0) is 11.4. The molecule has 4 heteroatoms. The Morgan fingerprint density at radius 1 is 1.40 bits per heavy atom. The van der Waals surface area contributed by atoms with Crippen molar-refractivity contribution in [2.45, 2.75) is 26.0 Å². The molecular formula is C11H18N2O2. The van der Waals surface area contributed by atoms with Crippen LogP contribution in [0.4, 0.5) is 5.69 Å². The van der Waals surface area contributed by atoms with E-state index in [-0.39, 0.29) is 12.6 Å². The second-order valence-corrected chi connectivity index (χ2v) is 3.76. The smallest absolute Gasteiger partial charge is 0.0931 e. The van der Waals surface area contributed by atoms with E-state index < -0.39 is 6.10 Å². The first-order chi connectivity index (χ1) is 7.06. The van der Waals surface area contributed by atoms with Crippen LogP contribution in [0.15, 0.2) is 18.3 Å². The maximum absolute atomic E-state index is 9.29. The monoisotopic (exact) mass is 210 g/mol. The van der Waals surface area contributed by atoms with E-state index in [0.717, 1.165) is 5.69 Å². The van der Waals surface area contributed by atoms with Crippen molar-refractivity contribution in [2.24, 2.45) is 0 Å². The minimum absolute atomic E-state index is 0.0594. The number of aliphatic hydroxyl groups is 2. The third-order valence-corrected chi connectivity index (χ3v) is 2.53. The van der Waals surface area contributed by atoms with Gasteiger partial charge in [0.2, 0.25) is 0 Å². The molecule has 0 radical (unpaired) electrons. The molecule has 0 aliphatic carbocycles. The average molecular weight is 210 g/mol. The van der Waals surface area contributed by atoms with E-state index in [9.17, 15) is 5.11 Å². The maximum atomic E-state index is 9.29. The number of anilines is 1. The van der Waals surface area contributed by atoms with E-state index in [2.05, 4.69) is 4.98 Å². The summed E-state index contributed by atoms with van der Waals surface area (Å²) >= 11 is 0. The summed E-state index contributed by atoms with van der Waals surface area (Å²) in [5.41, 5.74) is 1.59. The van der Waals surface area contributed by atoms with Crippen LogP contribution >= 0.6 is 0 Å². The van der Waals surface area contributed by atoms with E-state index in [4.69, 9.17) is 5.11 Å². The molecule has 15 heavy (non-hydrogen) atoms.